The van der Waals surface area contributed by atoms with Gasteiger partial charge in [-0.25, -0.2) is 34.9 Å². The van der Waals surface area contributed by atoms with Crippen LogP contribution in [0.2, 0.25) is 0 Å². The number of nitrogens with one attached hydrogen (secondary N) is 10. The molecule has 0 aromatic carbocycles. The van der Waals surface area contributed by atoms with E-state index in [2.05, 4.69) is 95.9 Å². The van der Waals surface area contributed by atoms with Crippen LogP contribution in [0.1, 0.15) is 99.7 Å². The topological polar surface area (TPSA) is 390 Å². The Bertz CT molecular complexity index is 2820. The third-order valence-corrected chi connectivity index (χ3v) is 10.0. The lowest BCUT2D eigenvalue weighted by atomic mass is 10.1. The molecule has 5 amide bonds. The molecule has 7 aromatic heterocycles. The van der Waals surface area contributed by atoms with Gasteiger partial charge in [0.1, 0.15) is 34.2 Å². The molecule has 0 spiro atoms. The highest BCUT2D eigenvalue weighted by atomic mass is 16.5. The summed E-state index contributed by atoms with van der Waals surface area (Å²) in [5, 5.41) is 11.1. The van der Waals surface area contributed by atoms with Gasteiger partial charge in [-0.1, -0.05) is 0 Å². The first-order valence-corrected chi connectivity index (χ1v) is 23.5. The Labute approximate surface area is 440 Å². The van der Waals surface area contributed by atoms with Gasteiger partial charge in [-0.15, -0.1) is 0 Å². The van der Waals surface area contributed by atoms with Gasteiger partial charge in [0.05, 0.1) is 88.4 Å². The van der Waals surface area contributed by atoms with Crippen molar-refractivity contribution in [2.24, 2.45) is 0 Å². The van der Waals surface area contributed by atoms with Crippen molar-refractivity contribution in [3.8, 4) is 0 Å². The monoisotopic (exact) mass is 1060 g/mol. The van der Waals surface area contributed by atoms with Crippen LogP contribution < -0.4 is 26.8 Å². The molecule has 406 valence electrons. The zero-order valence-corrected chi connectivity index (χ0v) is 42.0. The number of hydrogen-bond donors (Lipinski definition) is 10. The van der Waals surface area contributed by atoms with Crippen LogP contribution in [0.15, 0.2) is 105 Å². The first-order valence-electron chi connectivity index (χ1n) is 25.0. The first kappa shape index (κ1) is 54.7. The van der Waals surface area contributed by atoms with E-state index >= 15 is 0 Å². The molecule has 2 saturated heterocycles. The largest absolute Gasteiger partial charge is 0.381 e. The number of amides is 5. The number of aromatic nitrogens is 14. The molecular weight excluding hydrogens is 989 g/mol. The van der Waals surface area contributed by atoms with Crippen LogP contribution in [0.25, 0.3) is 0 Å². The molecule has 1 saturated carbocycles. The molecule has 0 atom stereocenters. The number of morpholine rings is 1. The number of ether oxygens (including phenoxy) is 2. The van der Waals surface area contributed by atoms with Crippen molar-refractivity contribution >= 4 is 35.3 Å². The van der Waals surface area contributed by atoms with Gasteiger partial charge < -0.3 is 65.5 Å². The van der Waals surface area contributed by atoms with Crippen LogP contribution in [0.5, 0.6) is 0 Å². The van der Waals surface area contributed by atoms with Gasteiger partial charge >= 0.3 is 0 Å². The van der Waals surface area contributed by atoms with Crippen LogP contribution in [-0.2, 0) is 9.47 Å². The Balaban J connectivity index is 0.000000201. The second-order valence-corrected chi connectivity index (χ2v) is 15.8. The lowest BCUT2D eigenvalue weighted by Gasteiger charge is -2.26. The Hall–Kier alpha value is -9.09. The normalized spacial score (nSPS) is 14.2. The van der Waals surface area contributed by atoms with E-state index in [-0.39, 0.29) is 46.7 Å². The van der Waals surface area contributed by atoms with Crippen molar-refractivity contribution in [1.82, 2.24) is 101 Å². The van der Waals surface area contributed by atoms with E-state index in [1.54, 1.807) is 7.05 Å². The summed E-state index contributed by atoms with van der Waals surface area (Å²) >= 11 is 0. The fraction of sp³-hybridized carbons (Fsp3) is 0.383. The van der Waals surface area contributed by atoms with Gasteiger partial charge in [-0.3, -0.25) is 43.4 Å². The highest BCUT2D eigenvalue weighted by Crippen LogP contribution is 2.18. The summed E-state index contributed by atoms with van der Waals surface area (Å²) in [6.45, 7) is 5.48. The molecule has 9 heterocycles. The predicted molar refractivity (Wildman–Crippen MR) is 273 cm³/mol. The van der Waals surface area contributed by atoms with Crippen molar-refractivity contribution in [3.05, 3.63) is 144 Å². The van der Waals surface area contributed by atoms with Gasteiger partial charge in [0, 0.05) is 108 Å². The van der Waals surface area contributed by atoms with Crippen molar-refractivity contribution in [2.45, 2.75) is 44.7 Å². The number of Topliss-reactive ketones (excluding diaryl/α,β-unsaturated/α-hetero) is 1. The second-order valence-electron chi connectivity index (χ2n) is 15.8. The number of imidazole rings is 5. The summed E-state index contributed by atoms with van der Waals surface area (Å²) in [7, 11) is 2.79. The average Bonchev–Trinajstić information content (AvgIpc) is 4.25. The molecule has 0 bridgehead atoms. The number of hydrogen-bond acceptors (Lipinski definition) is 18. The third kappa shape index (κ3) is 24.1. The number of H-pyrrole nitrogens is 6. The zero-order chi connectivity index (χ0) is 57.3. The van der Waals surface area contributed by atoms with Crippen LogP contribution in [-0.4, -0.2) is 201 Å². The molecule has 7 aromatic rings. The van der Waals surface area contributed by atoms with Crippen molar-refractivity contribution in [3.63, 3.8) is 0 Å². The number of aromatic amines is 6. The van der Waals surface area contributed by atoms with Gasteiger partial charge in [-0.05, 0) is 25.7 Å². The van der Waals surface area contributed by atoms with Crippen molar-refractivity contribution in [2.75, 3.05) is 73.7 Å². The number of carbonyl (C=O) groups excluding carboxylic acids is 6. The Morgan fingerprint density at radius 1 is 0.618 bits per heavy atom. The Morgan fingerprint density at radius 2 is 1.11 bits per heavy atom. The van der Waals surface area contributed by atoms with Crippen LogP contribution in [0.4, 0.5) is 0 Å². The lowest BCUT2D eigenvalue weighted by molar-refractivity contribution is 0.0383. The van der Waals surface area contributed by atoms with Crippen LogP contribution >= 0.6 is 0 Å². The quantitative estimate of drug-likeness (QED) is 0.0785. The van der Waals surface area contributed by atoms with Gasteiger partial charge in [0.2, 0.25) is 0 Å². The SMILES string of the molecule is CC(=O)c1cnccn1.CNC(=O)c1cnc[nH]1.O=C(NC1CC1)c1cnc[nH]1.O=C(NC1CCOCC1)c1cnc[nH]1.O=C(NCCN1CCOCC1)c1cnc[nH]1.O=c1ccnc[nH]1.[2H]C([2H])([2H])N(C)C(=O)c1cnc[nH]1. The number of nitrogens with zero attached hydrogens (tertiary/aromatic N) is 10. The summed E-state index contributed by atoms with van der Waals surface area (Å²) in [5.74, 6) is -1.04. The molecule has 10 N–H and O–H groups in total. The van der Waals surface area contributed by atoms with Crippen LogP contribution in [0, 0.1) is 0 Å². The maximum Gasteiger partial charge on any atom is 0.271 e. The molecule has 2 aliphatic heterocycles. The standard InChI is InChI=1S/C10H16N4O2.C9H13N3O2.C7H9N3O.C6H9N3O.C6H6N2O.C5H7N3O.C4H4N2O/c15-10(9-7-11-8-13-9)12-1-2-14-3-5-16-6-4-14;13-9(8-5-10-6-11-8)12-7-1-3-14-4-2-7;11-7(10-5-1-2-5)6-3-8-4-9-6;1-9(2)6(10)5-3-7-4-8-5;1-5(9)6-4-7-2-3-8-6;1-6-5(9)4-2-7-3-8-4;7-4-1-2-5-3-6-4/h7-8H,1-6H2,(H,11,13)(H,12,15);5-7H,1-4H2,(H,10,11)(H,12,13);3-5H,1-2H2,(H,8,9)(H,10,11);3-4H,1-2H3,(H,7,8);2-4H,1H3;2-3H,1H3,(H,6,9)(H,7,8);1-3H,(H,5,6,7)/i;;;1D3;;;. The molecule has 10 rings (SSSR count). The van der Waals surface area contributed by atoms with Gasteiger partial charge in [-0.2, -0.15) is 0 Å². The number of rotatable bonds is 11. The highest BCUT2D eigenvalue weighted by molar-refractivity contribution is 5.94. The van der Waals surface area contributed by atoms with E-state index in [0.29, 0.717) is 46.0 Å². The predicted octanol–water partition coefficient (Wildman–Crippen LogP) is 0.422. The lowest BCUT2D eigenvalue weighted by Crippen LogP contribution is -2.41. The highest BCUT2D eigenvalue weighted by Gasteiger charge is 2.24. The van der Waals surface area contributed by atoms with Crippen molar-refractivity contribution < 1.29 is 42.4 Å². The van der Waals surface area contributed by atoms with Gasteiger partial charge in [0.15, 0.2) is 5.78 Å². The summed E-state index contributed by atoms with van der Waals surface area (Å²) in [5.41, 5.74) is 2.50. The molecule has 76 heavy (non-hydrogen) atoms. The minimum Gasteiger partial charge on any atom is -0.381 e. The molecule has 3 fully saturated rings. The van der Waals surface area contributed by atoms with E-state index in [4.69, 9.17) is 13.6 Å². The Kier molecular flexibility index (Phi) is 24.7. The maximum atomic E-state index is 11.6. The number of ketones is 1. The second kappa shape index (κ2) is 34.4. The zero-order valence-electron chi connectivity index (χ0n) is 45.0. The molecule has 29 heteroatoms. The van der Waals surface area contributed by atoms with E-state index in [1.165, 1.54) is 114 Å². The van der Waals surface area contributed by atoms with Gasteiger partial charge in [0.25, 0.3) is 35.1 Å². The average molecular weight is 1060 g/mol. The summed E-state index contributed by atoms with van der Waals surface area (Å²) < 4.78 is 31.4. The van der Waals surface area contributed by atoms with E-state index in [1.807, 2.05) is 0 Å². The smallest absolute Gasteiger partial charge is 0.271 e. The number of carbonyl (C=O) groups is 6. The van der Waals surface area contributed by atoms with Crippen molar-refractivity contribution in [1.29, 1.82) is 0 Å². The first-order chi connectivity index (χ1) is 38.0. The molecule has 0 unspecified atom stereocenters. The molecule has 3 aliphatic rings. The molecule has 0 radical (unpaired) electrons. The summed E-state index contributed by atoms with van der Waals surface area (Å²) in [6, 6.07) is 2.00. The van der Waals surface area contributed by atoms with E-state index in [9.17, 15) is 33.6 Å². The van der Waals surface area contributed by atoms with E-state index in [0.717, 1.165) is 71.7 Å². The summed E-state index contributed by atoms with van der Waals surface area (Å²) in [4.78, 5) is 126. The third-order valence-electron chi connectivity index (χ3n) is 10.0. The fourth-order valence-corrected chi connectivity index (χ4v) is 5.84. The van der Waals surface area contributed by atoms with Crippen LogP contribution in [0.3, 0.4) is 0 Å². The van der Waals surface area contributed by atoms with E-state index < -0.39 is 12.9 Å². The maximum absolute atomic E-state index is 11.6. The molecular formula is C47H64N20O9. The minimum absolute atomic E-state index is 0.0509. The fourth-order valence-electron chi connectivity index (χ4n) is 5.84. The molecule has 1 aliphatic carbocycles. The Morgan fingerprint density at radius 3 is 1.50 bits per heavy atom. The minimum atomic E-state index is -2.41. The summed E-state index contributed by atoms with van der Waals surface area (Å²) in [6.07, 6.45) is 25.9. The molecule has 29 nitrogen and oxygen atoms in total.